The van der Waals surface area contributed by atoms with Crippen LogP contribution in [0.5, 0.6) is 0 Å². The van der Waals surface area contributed by atoms with Crippen molar-refractivity contribution in [2.75, 3.05) is 7.05 Å². The molecule has 4 heteroatoms. The van der Waals surface area contributed by atoms with Crippen LogP contribution in [0, 0.1) is 0 Å². The highest BCUT2D eigenvalue weighted by Crippen LogP contribution is 2.24. The van der Waals surface area contributed by atoms with E-state index in [1.165, 1.54) is 4.88 Å². The Labute approximate surface area is 112 Å². The Balaban J connectivity index is 1.99. The van der Waals surface area contributed by atoms with Crippen LogP contribution in [0.15, 0.2) is 35.8 Å². The zero-order valence-electron chi connectivity index (χ0n) is 10.8. The normalized spacial score (nSPS) is 12.9. The van der Waals surface area contributed by atoms with Gasteiger partial charge >= 0.3 is 0 Å². The van der Waals surface area contributed by atoms with E-state index in [2.05, 4.69) is 47.4 Å². The van der Waals surface area contributed by atoms with Crippen molar-refractivity contribution in [3.63, 3.8) is 0 Å². The molecule has 2 N–H and O–H groups in total. The molecule has 0 aliphatic carbocycles. The fourth-order valence-corrected chi connectivity index (χ4v) is 2.66. The van der Waals surface area contributed by atoms with Gasteiger partial charge in [0.05, 0.1) is 5.69 Å². The first kappa shape index (κ1) is 13.2. The van der Waals surface area contributed by atoms with Gasteiger partial charge in [-0.15, -0.1) is 11.3 Å². The standard InChI is InChI=1S/C14H19N3S/c1-11(14-4-3-7-18-14)17(2)10-13-6-5-12(8-15)9-16-13/h3-7,9,11H,8,10,15H2,1-2H3. The molecule has 0 aromatic carbocycles. The van der Waals surface area contributed by atoms with Gasteiger partial charge in [0.2, 0.25) is 0 Å². The molecule has 1 unspecified atom stereocenters. The monoisotopic (exact) mass is 261 g/mol. The fraction of sp³-hybridized carbons (Fsp3) is 0.357. The molecule has 2 heterocycles. The first-order chi connectivity index (χ1) is 8.70. The number of hydrogen-bond donors (Lipinski definition) is 1. The van der Waals surface area contributed by atoms with E-state index in [-0.39, 0.29) is 0 Å². The van der Waals surface area contributed by atoms with Gasteiger partial charge in [-0.3, -0.25) is 9.88 Å². The molecule has 3 nitrogen and oxygen atoms in total. The molecular weight excluding hydrogens is 242 g/mol. The summed E-state index contributed by atoms with van der Waals surface area (Å²) in [5.41, 5.74) is 7.72. The Kier molecular flexibility index (Phi) is 4.47. The van der Waals surface area contributed by atoms with Gasteiger partial charge in [-0.25, -0.2) is 0 Å². The number of nitrogens with zero attached hydrogens (tertiary/aromatic N) is 2. The molecule has 96 valence electrons. The lowest BCUT2D eigenvalue weighted by Gasteiger charge is -2.23. The maximum atomic E-state index is 5.56. The van der Waals surface area contributed by atoms with Gasteiger partial charge in [-0.2, -0.15) is 0 Å². The number of rotatable bonds is 5. The summed E-state index contributed by atoms with van der Waals surface area (Å²) in [5.74, 6) is 0. The van der Waals surface area contributed by atoms with E-state index in [1.807, 2.05) is 12.3 Å². The SMILES string of the molecule is CC(c1cccs1)N(C)Cc1ccc(CN)cn1. The molecule has 0 saturated carbocycles. The van der Waals surface area contributed by atoms with Gasteiger partial charge in [0, 0.05) is 30.2 Å². The molecule has 2 aromatic heterocycles. The van der Waals surface area contributed by atoms with Crippen LogP contribution >= 0.6 is 11.3 Å². The van der Waals surface area contributed by atoms with Crippen molar-refractivity contribution in [3.8, 4) is 0 Å². The van der Waals surface area contributed by atoms with Crippen molar-refractivity contribution in [1.82, 2.24) is 9.88 Å². The molecule has 0 aliphatic heterocycles. The van der Waals surface area contributed by atoms with E-state index in [0.29, 0.717) is 12.6 Å². The summed E-state index contributed by atoms with van der Waals surface area (Å²) in [6.45, 7) is 3.62. The lowest BCUT2D eigenvalue weighted by molar-refractivity contribution is 0.253. The second-order valence-corrected chi connectivity index (χ2v) is 5.45. The van der Waals surface area contributed by atoms with E-state index < -0.39 is 0 Å². The molecule has 2 aromatic rings. The average Bonchev–Trinajstić information content (AvgIpc) is 2.92. The second kappa shape index (κ2) is 6.09. The number of nitrogens with two attached hydrogens (primary N) is 1. The average molecular weight is 261 g/mol. The van der Waals surface area contributed by atoms with E-state index in [4.69, 9.17) is 5.73 Å². The molecule has 0 aliphatic rings. The third-order valence-corrected chi connectivity index (χ3v) is 4.19. The lowest BCUT2D eigenvalue weighted by Crippen LogP contribution is -2.21. The summed E-state index contributed by atoms with van der Waals surface area (Å²) in [4.78, 5) is 8.12. The van der Waals surface area contributed by atoms with Crippen molar-refractivity contribution in [3.05, 3.63) is 52.0 Å². The Morgan fingerprint density at radius 2 is 2.22 bits per heavy atom. The van der Waals surface area contributed by atoms with Crippen LogP contribution in [0.2, 0.25) is 0 Å². The lowest BCUT2D eigenvalue weighted by atomic mass is 10.2. The minimum absolute atomic E-state index is 0.418. The third kappa shape index (κ3) is 3.16. The zero-order valence-corrected chi connectivity index (χ0v) is 11.7. The molecule has 1 atom stereocenters. The van der Waals surface area contributed by atoms with Gasteiger partial charge in [0.25, 0.3) is 0 Å². The van der Waals surface area contributed by atoms with Crippen LogP contribution < -0.4 is 5.73 Å². The zero-order chi connectivity index (χ0) is 13.0. The number of pyridine rings is 1. The van der Waals surface area contributed by atoms with Crippen LogP contribution in [0.1, 0.15) is 29.1 Å². The highest BCUT2D eigenvalue weighted by molar-refractivity contribution is 7.10. The summed E-state index contributed by atoms with van der Waals surface area (Å²) < 4.78 is 0. The number of hydrogen-bond acceptors (Lipinski definition) is 4. The molecule has 0 amide bonds. The Bertz CT molecular complexity index is 464. The van der Waals surface area contributed by atoms with Crippen LogP contribution in [0.4, 0.5) is 0 Å². The quantitative estimate of drug-likeness (QED) is 0.900. The van der Waals surface area contributed by atoms with Gasteiger partial charge in [0.1, 0.15) is 0 Å². The van der Waals surface area contributed by atoms with E-state index in [9.17, 15) is 0 Å². The van der Waals surface area contributed by atoms with Gasteiger partial charge in [-0.1, -0.05) is 12.1 Å². The Morgan fingerprint density at radius 1 is 1.39 bits per heavy atom. The maximum Gasteiger partial charge on any atom is 0.0544 e. The Hall–Kier alpha value is -1.23. The molecule has 0 saturated heterocycles. The second-order valence-electron chi connectivity index (χ2n) is 4.47. The van der Waals surface area contributed by atoms with Crippen LogP contribution in [0.3, 0.4) is 0 Å². The van der Waals surface area contributed by atoms with Crippen LogP contribution in [-0.4, -0.2) is 16.9 Å². The molecule has 2 rings (SSSR count). The first-order valence-electron chi connectivity index (χ1n) is 6.08. The van der Waals surface area contributed by atoms with E-state index in [1.54, 1.807) is 11.3 Å². The van der Waals surface area contributed by atoms with Crippen molar-refractivity contribution >= 4 is 11.3 Å². The molecule has 0 bridgehead atoms. The summed E-state index contributed by atoms with van der Waals surface area (Å²) in [6, 6.07) is 8.79. The fourth-order valence-electron chi connectivity index (χ4n) is 1.81. The highest BCUT2D eigenvalue weighted by Gasteiger charge is 2.13. The van der Waals surface area contributed by atoms with Gasteiger partial charge in [0.15, 0.2) is 0 Å². The number of aromatic nitrogens is 1. The molecular formula is C14H19N3S. The van der Waals surface area contributed by atoms with Crippen molar-refractivity contribution in [1.29, 1.82) is 0 Å². The third-order valence-electron chi connectivity index (χ3n) is 3.15. The molecule has 18 heavy (non-hydrogen) atoms. The molecule has 0 spiro atoms. The smallest absolute Gasteiger partial charge is 0.0544 e. The van der Waals surface area contributed by atoms with E-state index in [0.717, 1.165) is 17.8 Å². The van der Waals surface area contributed by atoms with Gasteiger partial charge in [-0.05, 0) is 37.0 Å². The first-order valence-corrected chi connectivity index (χ1v) is 6.96. The van der Waals surface area contributed by atoms with Crippen molar-refractivity contribution < 1.29 is 0 Å². The largest absolute Gasteiger partial charge is 0.326 e. The van der Waals surface area contributed by atoms with Crippen molar-refractivity contribution in [2.24, 2.45) is 5.73 Å². The maximum absolute atomic E-state index is 5.56. The van der Waals surface area contributed by atoms with Crippen LogP contribution in [0.25, 0.3) is 0 Å². The predicted molar refractivity (Wildman–Crippen MR) is 76.3 cm³/mol. The van der Waals surface area contributed by atoms with E-state index >= 15 is 0 Å². The topological polar surface area (TPSA) is 42.1 Å². The predicted octanol–water partition coefficient (Wildman–Crippen LogP) is 2.79. The van der Waals surface area contributed by atoms with Gasteiger partial charge < -0.3 is 5.73 Å². The Morgan fingerprint density at radius 3 is 2.78 bits per heavy atom. The summed E-state index contributed by atoms with van der Waals surface area (Å²) in [7, 11) is 2.13. The number of thiophene rings is 1. The summed E-state index contributed by atoms with van der Waals surface area (Å²) in [6.07, 6.45) is 1.86. The molecule has 0 radical (unpaired) electrons. The highest BCUT2D eigenvalue weighted by atomic mass is 32.1. The molecule has 0 fully saturated rings. The minimum atomic E-state index is 0.418. The van der Waals surface area contributed by atoms with Crippen molar-refractivity contribution in [2.45, 2.75) is 26.1 Å². The minimum Gasteiger partial charge on any atom is -0.326 e. The van der Waals surface area contributed by atoms with Crippen LogP contribution in [-0.2, 0) is 13.1 Å². The summed E-state index contributed by atoms with van der Waals surface area (Å²) >= 11 is 1.80. The summed E-state index contributed by atoms with van der Waals surface area (Å²) in [5, 5.41) is 2.12.